The van der Waals surface area contributed by atoms with Crippen molar-refractivity contribution in [2.24, 2.45) is 16.6 Å². The minimum Gasteiger partial charge on any atom is -0.398 e. The average molecular weight is 419 g/mol. The molecule has 1 heterocycles. The fourth-order valence-corrected chi connectivity index (χ4v) is 2.88. The number of para-hydroxylation sites is 1. The standard InChI is InChI=1S/C18H26N4O2S.C2H4N2/c1-18(2,24-3)17(25)21-15(20)12-7-6-10-22(11-12)16(23)13-8-4-5-9-14(13)19;3-1-2-4/h4-5,8-9,12H,6-7,10-11,19H2,1-3H3,(H2,20,21,25);1-4H. The number of rotatable bonds is 5. The Morgan fingerprint density at radius 1 is 1.34 bits per heavy atom. The van der Waals surface area contributed by atoms with E-state index in [1.807, 2.05) is 26.0 Å². The van der Waals surface area contributed by atoms with E-state index in [2.05, 4.69) is 4.99 Å². The Morgan fingerprint density at radius 2 is 1.97 bits per heavy atom. The van der Waals surface area contributed by atoms with E-state index in [4.69, 9.17) is 39.2 Å². The molecule has 8 nitrogen and oxygen atoms in total. The molecule has 1 aromatic carbocycles. The van der Waals surface area contributed by atoms with Crippen LogP contribution in [0.5, 0.6) is 0 Å². The number of hydrogen-bond acceptors (Lipinski definition) is 6. The van der Waals surface area contributed by atoms with Crippen molar-refractivity contribution in [2.45, 2.75) is 32.3 Å². The fraction of sp³-hybridized carbons (Fsp3) is 0.450. The lowest BCUT2D eigenvalue weighted by molar-refractivity contribution is 0.0703. The third-order valence-electron chi connectivity index (χ3n) is 4.66. The third kappa shape index (κ3) is 7.03. The number of carbonyl (C=O) groups excluding carboxylic acids is 1. The molecule has 29 heavy (non-hydrogen) atoms. The molecule has 1 fully saturated rings. The number of benzene rings is 1. The molecule has 9 heteroatoms. The zero-order valence-electron chi connectivity index (χ0n) is 17.1. The van der Waals surface area contributed by atoms with E-state index in [9.17, 15) is 4.79 Å². The number of nitrogens with zero attached hydrogens (tertiary/aromatic N) is 2. The number of anilines is 1. The Morgan fingerprint density at radius 3 is 2.52 bits per heavy atom. The summed E-state index contributed by atoms with van der Waals surface area (Å²) >= 11 is 5.32. The van der Waals surface area contributed by atoms with Gasteiger partial charge in [-0.2, -0.15) is 0 Å². The fourth-order valence-electron chi connectivity index (χ4n) is 2.70. The van der Waals surface area contributed by atoms with Crippen LogP contribution in [0.15, 0.2) is 29.3 Å². The summed E-state index contributed by atoms with van der Waals surface area (Å²) in [5.74, 6) is 0.359. The van der Waals surface area contributed by atoms with Crippen molar-refractivity contribution in [2.75, 3.05) is 25.9 Å². The number of aliphatic imine (C=N–C) groups is 1. The highest BCUT2D eigenvalue weighted by atomic mass is 32.1. The van der Waals surface area contributed by atoms with Crippen LogP contribution in [-0.2, 0) is 4.74 Å². The van der Waals surface area contributed by atoms with Crippen molar-refractivity contribution < 1.29 is 9.53 Å². The van der Waals surface area contributed by atoms with Crippen LogP contribution in [0, 0.1) is 16.7 Å². The summed E-state index contributed by atoms with van der Waals surface area (Å²) in [7, 11) is 1.59. The van der Waals surface area contributed by atoms with E-state index in [0.29, 0.717) is 35.2 Å². The van der Waals surface area contributed by atoms with Crippen molar-refractivity contribution in [3.63, 3.8) is 0 Å². The SMILES string of the molecule is COC(C)(C)C(=S)N=C(N)C1CCCN(C(=O)c2ccccc2N)C1.N=CC=N. The first-order valence-corrected chi connectivity index (χ1v) is 9.65. The zero-order chi connectivity index (χ0) is 22.0. The molecular formula is C20H30N6O2S. The molecule has 0 saturated carbocycles. The van der Waals surface area contributed by atoms with Gasteiger partial charge in [-0.25, -0.2) is 4.99 Å². The van der Waals surface area contributed by atoms with Crippen molar-refractivity contribution in [3.8, 4) is 0 Å². The van der Waals surface area contributed by atoms with Crippen LogP contribution >= 0.6 is 12.2 Å². The quantitative estimate of drug-likeness (QED) is 0.251. The van der Waals surface area contributed by atoms with Crippen LogP contribution in [0.4, 0.5) is 5.69 Å². The minimum atomic E-state index is -0.650. The molecular weight excluding hydrogens is 388 g/mol. The number of nitrogen functional groups attached to an aromatic ring is 1. The number of likely N-dealkylation sites (tertiary alicyclic amines) is 1. The minimum absolute atomic E-state index is 0.0201. The summed E-state index contributed by atoms with van der Waals surface area (Å²) in [4.78, 5) is 19.3. The number of piperidine rings is 1. The summed E-state index contributed by atoms with van der Waals surface area (Å²) in [5.41, 5.74) is 12.5. The number of methoxy groups -OCH3 is 1. The predicted molar refractivity (Wildman–Crippen MR) is 122 cm³/mol. The van der Waals surface area contributed by atoms with Crippen molar-refractivity contribution in [1.82, 2.24) is 4.90 Å². The number of amidine groups is 1. The molecule has 1 atom stereocenters. The van der Waals surface area contributed by atoms with Gasteiger partial charge in [-0.1, -0.05) is 24.4 Å². The highest BCUT2D eigenvalue weighted by molar-refractivity contribution is 7.80. The van der Waals surface area contributed by atoms with Crippen LogP contribution in [-0.4, -0.2) is 59.9 Å². The van der Waals surface area contributed by atoms with Gasteiger partial charge in [-0.05, 0) is 38.8 Å². The average Bonchev–Trinajstić information content (AvgIpc) is 2.73. The zero-order valence-corrected chi connectivity index (χ0v) is 18.0. The number of hydrogen-bond donors (Lipinski definition) is 4. The summed E-state index contributed by atoms with van der Waals surface area (Å²) in [6, 6.07) is 7.10. The van der Waals surface area contributed by atoms with E-state index in [1.54, 1.807) is 24.1 Å². The van der Waals surface area contributed by atoms with Gasteiger partial charge < -0.3 is 31.9 Å². The number of amides is 1. The Balaban J connectivity index is 0.000000960. The third-order valence-corrected chi connectivity index (χ3v) is 5.24. The first kappa shape index (κ1) is 24.4. The summed E-state index contributed by atoms with van der Waals surface area (Å²) in [6.07, 6.45) is 3.57. The second kappa shape index (κ2) is 11.4. The van der Waals surface area contributed by atoms with Gasteiger partial charge >= 0.3 is 0 Å². The van der Waals surface area contributed by atoms with Gasteiger partial charge in [0.15, 0.2) is 0 Å². The van der Waals surface area contributed by atoms with Crippen molar-refractivity contribution in [3.05, 3.63) is 29.8 Å². The molecule has 1 aromatic rings. The molecule has 0 radical (unpaired) electrons. The Hall–Kier alpha value is -2.65. The number of ether oxygens (including phenoxy) is 1. The maximum Gasteiger partial charge on any atom is 0.255 e. The molecule has 2 rings (SSSR count). The van der Waals surface area contributed by atoms with Gasteiger partial charge in [0.2, 0.25) is 0 Å². The molecule has 1 saturated heterocycles. The van der Waals surface area contributed by atoms with E-state index in [-0.39, 0.29) is 11.8 Å². The van der Waals surface area contributed by atoms with Crippen LogP contribution in [0.3, 0.4) is 0 Å². The normalized spacial score (nSPS) is 17.0. The molecule has 0 aliphatic carbocycles. The molecule has 1 aliphatic rings. The lowest BCUT2D eigenvalue weighted by atomic mass is 9.96. The molecule has 158 valence electrons. The molecule has 0 bridgehead atoms. The smallest absolute Gasteiger partial charge is 0.255 e. The van der Waals surface area contributed by atoms with Gasteiger partial charge in [0.1, 0.15) is 16.4 Å². The van der Waals surface area contributed by atoms with E-state index in [1.165, 1.54) is 0 Å². The number of nitrogens with one attached hydrogen (secondary N) is 2. The van der Waals surface area contributed by atoms with Gasteiger partial charge in [0.05, 0.1) is 5.56 Å². The monoisotopic (exact) mass is 418 g/mol. The molecule has 6 N–H and O–H groups in total. The lowest BCUT2D eigenvalue weighted by Crippen LogP contribution is -2.45. The Kier molecular flexibility index (Phi) is 9.57. The van der Waals surface area contributed by atoms with Crippen molar-refractivity contribution >= 4 is 47.1 Å². The number of thiocarbonyl (C=S) groups is 1. The van der Waals surface area contributed by atoms with Crippen LogP contribution in [0.2, 0.25) is 0 Å². The van der Waals surface area contributed by atoms with E-state index >= 15 is 0 Å². The maximum absolute atomic E-state index is 12.7. The van der Waals surface area contributed by atoms with Gasteiger partial charge in [0.25, 0.3) is 5.91 Å². The van der Waals surface area contributed by atoms with E-state index < -0.39 is 5.60 Å². The Labute approximate surface area is 177 Å². The molecule has 1 aliphatic heterocycles. The highest BCUT2D eigenvalue weighted by Gasteiger charge is 2.29. The van der Waals surface area contributed by atoms with Crippen LogP contribution in [0.25, 0.3) is 0 Å². The first-order chi connectivity index (χ1) is 13.7. The first-order valence-electron chi connectivity index (χ1n) is 9.24. The highest BCUT2D eigenvalue weighted by Crippen LogP contribution is 2.22. The second-order valence-electron chi connectivity index (χ2n) is 7.07. The summed E-state index contributed by atoms with van der Waals surface area (Å²) < 4.78 is 5.34. The second-order valence-corrected chi connectivity index (χ2v) is 7.45. The molecule has 0 aromatic heterocycles. The molecule has 1 unspecified atom stereocenters. The molecule has 1 amide bonds. The van der Waals surface area contributed by atoms with Gasteiger partial charge in [-0.3, -0.25) is 4.79 Å². The lowest BCUT2D eigenvalue weighted by Gasteiger charge is -2.33. The van der Waals surface area contributed by atoms with E-state index in [0.717, 1.165) is 25.3 Å². The molecule has 0 spiro atoms. The van der Waals surface area contributed by atoms with Crippen molar-refractivity contribution in [1.29, 1.82) is 10.8 Å². The number of carbonyl (C=O) groups is 1. The Bertz CT molecular complexity index is 772. The number of nitrogens with two attached hydrogens (primary N) is 2. The predicted octanol–water partition coefficient (Wildman–Crippen LogP) is 2.52. The topological polar surface area (TPSA) is 142 Å². The van der Waals surface area contributed by atoms with Crippen LogP contribution < -0.4 is 11.5 Å². The van der Waals surface area contributed by atoms with Gasteiger partial charge in [-0.15, -0.1) is 0 Å². The maximum atomic E-state index is 12.7. The van der Waals surface area contributed by atoms with Crippen LogP contribution in [0.1, 0.15) is 37.0 Å². The summed E-state index contributed by atoms with van der Waals surface area (Å²) in [5, 5.41) is 12.2. The van der Waals surface area contributed by atoms with Gasteiger partial charge in [0, 0.05) is 44.2 Å². The largest absolute Gasteiger partial charge is 0.398 e. The summed E-state index contributed by atoms with van der Waals surface area (Å²) in [6.45, 7) is 4.89.